The molecule has 0 fully saturated rings. The number of para-hydroxylation sites is 1. The van der Waals surface area contributed by atoms with Crippen LogP contribution < -0.4 is 10.1 Å². The number of benzene rings is 1. The third-order valence-electron chi connectivity index (χ3n) is 2.99. The number of furan rings is 1. The van der Waals surface area contributed by atoms with E-state index in [0.29, 0.717) is 18.1 Å². The van der Waals surface area contributed by atoms with Crippen LogP contribution in [0, 0.1) is 0 Å². The summed E-state index contributed by atoms with van der Waals surface area (Å²) in [5.41, 5.74) is 0. The molecule has 2 aromatic rings. The summed E-state index contributed by atoms with van der Waals surface area (Å²) in [5.74, 6) is 0.201. The summed E-state index contributed by atoms with van der Waals surface area (Å²) in [7, 11) is 0. The Kier molecular flexibility index (Phi) is 5.80. The molecule has 0 unspecified atom stereocenters. The van der Waals surface area contributed by atoms with Crippen LogP contribution in [0.3, 0.4) is 0 Å². The van der Waals surface area contributed by atoms with Crippen LogP contribution in [0.1, 0.15) is 30.2 Å². The summed E-state index contributed by atoms with van der Waals surface area (Å²) in [6.07, 6.45) is -0.878. The van der Waals surface area contributed by atoms with Gasteiger partial charge in [-0.05, 0) is 38.1 Å². The highest BCUT2D eigenvalue weighted by Crippen LogP contribution is 2.15. The van der Waals surface area contributed by atoms with E-state index in [1.165, 1.54) is 13.0 Å². The van der Waals surface area contributed by atoms with Gasteiger partial charge in [-0.15, -0.1) is 0 Å². The fourth-order valence-corrected chi connectivity index (χ4v) is 1.83. The largest absolute Gasteiger partial charge is 0.486 e. The normalized spacial score (nSPS) is 11.6. The van der Waals surface area contributed by atoms with Gasteiger partial charge >= 0.3 is 5.97 Å². The minimum Gasteiger partial charge on any atom is -0.486 e. The Hall–Kier alpha value is -2.76. The average molecular weight is 317 g/mol. The molecule has 0 bridgehead atoms. The third kappa shape index (κ3) is 4.88. The van der Waals surface area contributed by atoms with Crippen molar-refractivity contribution in [3.8, 4) is 5.75 Å². The second-order valence-corrected chi connectivity index (χ2v) is 4.81. The first-order chi connectivity index (χ1) is 11.1. The molecule has 0 aliphatic heterocycles. The number of rotatable bonds is 7. The van der Waals surface area contributed by atoms with Gasteiger partial charge in [0.1, 0.15) is 18.1 Å². The molecule has 2 rings (SSSR count). The summed E-state index contributed by atoms with van der Waals surface area (Å²) in [5, 5.41) is 2.58. The second-order valence-electron chi connectivity index (χ2n) is 4.81. The average Bonchev–Trinajstić information content (AvgIpc) is 3.03. The van der Waals surface area contributed by atoms with E-state index in [1.54, 1.807) is 13.0 Å². The smallest absolute Gasteiger partial charge is 0.375 e. The van der Waals surface area contributed by atoms with Crippen LogP contribution >= 0.6 is 0 Å². The number of nitrogens with one attached hydrogen (secondary N) is 1. The molecule has 1 aromatic heterocycles. The summed E-state index contributed by atoms with van der Waals surface area (Å²) < 4.78 is 15.9. The van der Waals surface area contributed by atoms with Crippen LogP contribution in [-0.2, 0) is 16.1 Å². The Balaban J connectivity index is 1.88. The molecule has 122 valence electrons. The van der Waals surface area contributed by atoms with Gasteiger partial charge in [0.05, 0.1) is 0 Å². The van der Waals surface area contributed by atoms with Crippen LogP contribution in [-0.4, -0.2) is 24.5 Å². The zero-order valence-corrected chi connectivity index (χ0v) is 13.1. The van der Waals surface area contributed by atoms with Crippen LogP contribution in [0.2, 0.25) is 0 Å². The Morgan fingerprint density at radius 3 is 2.61 bits per heavy atom. The number of esters is 1. The first-order valence-electron chi connectivity index (χ1n) is 7.35. The number of ether oxygens (including phenoxy) is 2. The van der Waals surface area contributed by atoms with E-state index in [9.17, 15) is 9.59 Å². The molecule has 0 aliphatic carbocycles. The molecule has 0 aliphatic rings. The predicted octanol–water partition coefficient (Wildman–Crippen LogP) is 2.54. The quantitative estimate of drug-likeness (QED) is 0.794. The molecule has 1 N–H and O–H groups in total. The molecular formula is C17H19NO5. The van der Waals surface area contributed by atoms with Crippen LogP contribution in [0.5, 0.6) is 5.75 Å². The lowest BCUT2D eigenvalue weighted by atomic mass is 10.3. The molecule has 1 amide bonds. The highest BCUT2D eigenvalue weighted by atomic mass is 16.6. The fraction of sp³-hybridized carbons (Fsp3) is 0.294. The maximum atomic E-state index is 11.9. The van der Waals surface area contributed by atoms with Crippen molar-refractivity contribution in [2.75, 3.05) is 6.54 Å². The second kappa shape index (κ2) is 8.03. The van der Waals surface area contributed by atoms with Crippen molar-refractivity contribution in [2.24, 2.45) is 0 Å². The number of amides is 1. The van der Waals surface area contributed by atoms with E-state index in [0.717, 1.165) is 0 Å². The Morgan fingerprint density at radius 1 is 1.17 bits per heavy atom. The first-order valence-corrected chi connectivity index (χ1v) is 7.35. The molecule has 1 atom stereocenters. The first kappa shape index (κ1) is 16.6. The van der Waals surface area contributed by atoms with E-state index < -0.39 is 12.1 Å². The summed E-state index contributed by atoms with van der Waals surface area (Å²) in [6, 6.07) is 12.4. The fourth-order valence-electron chi connectivity index (χ4n) is 1.83. The minimum absolute atomic E-state index is 0.0350. The Bertz CT molecular complexity index is 650. The standard InChI is InChI=1S/C17H19NO5/c1-3-18-16(19)12(2)22-17(20)15-10-9-14(23-15)11-21-13-7-5-4-6-8-13/h4-10,12H,3,11H2,1-2H3,(H,18,19)/t12-/m1/s1. The minimum atomic E-state index is -0.878. The highest BCUT2D eigenvalue weighted by Gasteiger charge is 2.20. The van der Waals surface area contributed by atoms with Gasteiger partial charge in [0.2, 0.25) is 5.76 Å². The number of carbonyl (C=O) groups is 2. The van der Waals surface area contributed by atoms with E-state index >= 15 is 0 Å². The zero-order chi connectivity index (χ0) is 16.7. The van der Waals surface area contributed by atoms with Gasteiger partial charge in [-0.3, -0.25) is 4.79 Å². The van der Waals surface area contributed by atoms with Crippen LogP contribution in [0.4, 0.5) is 0 Å². The van der Waals surface area contributed by atoms with E-state index in [-0.39, 0.29) is 18.3 Å². The number of hydrogen-bond donors (Lipinski definition) is 1. The Labute approximate surface area is 134 Å². The van der Waals surface area contributed by atoms with Gasteiger partial charge in [0.25, 0.3) is 5.91 Å². The van der Waals surface area contributed by atoms with Crippen LogP contribution in [0.15, 0.2) is 46.9 Å². The number of hydrogen-bond acceptors (Lipinski definition) is 5. The third-order valence-corrected chi connectivity index (χ3v) is 2.99. The maximum Gasteiger partial charge on any atom is 0.375 e. The molecule has 0 saturated heterocycles. The van der Waals surface area contributed by atoms with Gasteiger partial charge in [-0.2, -0.15) is 0 Å². The van der Waals surface area contributed by atoms with Gasteiger partial charge in [0.15, 0.2) is 6.10 Å². The lowest BCUT2D eigenvalue weighted by molar-refractivity contribution is -0.129. The molecule has 23 heavy (non-hydrogen) atoms. The van der Waals surface area contributed by atoms with Crippen molar-refractivity contribution in [1.82, 2.24) is 5.32 Å². The molecule has 6 nitrogen and oxygen atoms in total. The van der Waals surface area contributed by atoms with E-state index in [4.69, 9.17) is 13.9 Å². The van der Waals surface area contributed by atoms with Crippen molar-refractivity contribution in [3.05, 3.63) is 54.0 Å². The van der Waals surface area contributed by atoms with Crippen LogP contribution in [0.25, 0.3) is 0 Å². The Morgan fingerprint density at radius 2 is 1.91 bits per heavy atom. The van der Waals surface area contributed by atoms with Crippen molar-refractivity contribution in [3.63, 3.8) is 0 Å². The molecule has 1 aromatic carbocycles. The van der Waals surface area contributed by atoms with Crippen molar-refractivity contribution >= 4 is 11.9 Å². The summed E-state index contributed by atoms with van der Waals surface area (Å²) >= 11 is 0. The summed E-state index contributed by atoms with van der Waals surface area (Å²) in [4.78, 5) is 23.5. The van der Waals surface area contributed by atoms with E-state index in [1.807, 2.05) is 30.3 Å². The molecular weight excluding hydrogens is 298 g/mol. The molecule has 1 heterocycles. The molecule has 0 saturated carbocycles. The molecule has 6 heteroatoms. The maximum absolute atomic E-state index is 11.9. The van der Waals surface area contributed by atoms with Gasteiger partial charge in [-0.25, -0.2) is 4.79 Å². The predicted molar refractivity (Wildman–Crippen MR) is 83.0 cm³/mol. The monoisotopic (exact) mass is 317 g/mol. The van der Waals surface area contributed by atoms with Crippen molar-refractivity contribution in [2.45, 2.75) is 26.6 Å². The lowest BCUT2D eigenvalue weighted by Crippen LogP contribution is -2.35. The van der Waals surface area contributed by atoms with Crippen molar-refractivity contribution < 1.29 is 23.5 Å². The molecule has 0 spiro atoms. The molecule has 0 radical (unpaired) electrons. The number of likely N-dealkylation sites (N-methyl/N-ethyl adjacent to an activating group) is 1. The van der Waals surface area contributed by atoms with Crippen molar-refractivity contribution in [1.29, 1.82) is 0 Å². The van der Waals surface area contributed by atoms with Gasteiger partial charge < -0.3 is 19.2 Å². The highest BCUT2D eigenvalue weighted by molar-refractivity contribution is 5.90. The van der Waals surface area contributed by atoms with E-state index in [2.05, 4.69) is 5.32 Å². The SMILES string of the molecule is CCNC(=O)[C@@H](C)OC(=O)c1ccc(COc2ccccc2)o1. The van der Waals surface area contributed by atoms with Gasteiger partial charge in [0, 0.05) is 6.54 Å². The lowest BCUT2D eigenvalue weighted by Gasteiger charge is -2.11. The van der Waals surface area contributed by atoms with Gasteiger partial charge in [-0.1, -0.05) is 18.2 Å². The summed E-state index contributed by atoms with van der Waals surface area (Å²) in [6.45, 7) is 3.97. The number of carbonyl (C=O) groups excluding carboxylic acids is 2. The topological polar surface area (TPSA) is 77.8 Å². The zero-order valence-electron chi connectivity index (χ0n) is 13.1.